The van der Waals surface area contributed by atoms with E-state index in [9.17, 15) is 0 Å². The van der Waals surface area contributed by atoms with Gasteiger partial charge in [0.1, 0.15) is 6.10 Å². The highest BCUT2D eigenvalue weighted by molar-refractivity contribution is 9.09. The van der Waals surface area contributed by atoms with E-state index in [1.54, 1.807) is 0 Å². The van der Waals surface area contributed by atoms with Crippen molar-refractivity contribution < 1.29 is 9.47 Å². The number of ether oxygens (including phenoxy) is 2. The minimum absolute atomic E-state index is 0.139. The molecule has 0 N–H and O–H groups in total. The predicted molar refractivity (Wildman–Crippen MR) is 64.2 cm³/mol. The highest BCUT2D eigenvalue weighted by Crippen LogP contribution is 2.40. The van der Waals surface area contributed by atoms with E-state index in [2.05, 4.69) is 35.0 Å². The topological polar surface area (TPSA) is 18.5 Å². The third kappa shape index (κ3) is 2.63. The average molecular weight is 275 g/mol. The third-order valence-corrected chi connectivity index (χ3v) is 3.62. The van der Waals surface area contributed by atoms with Crippen molar-refractivity contribution in [2.24, 2.45) is 0 Å². The molecule has 0 bridgehead atoms. The van der Waals surface area contributed by atoms with Gasteiger partial charge in [0.25, 0.3) is 0 Å². The molecule has 3 heteroatoms. The van der Waals surface area contributed by atoms with Crippen LogP contribution in [0, 0.1) is 0 Å². The van der Waals surface area contributed by atoms with Crippen LogP contribution in [0.3, 0.4) is 0 Å². The first-order chi connectivity index (χ1) is 7.26. The van der Waals surface area contributed by atoms with Crippen molar-refractivity contribution in [2.45, 2.75) is 57.0 Å². The van der Waals surface area contributed by atoms with Crippen molar-refractivity contribution in [3.63, 3.8) is 0 Å². The van der Waals surface area contributed by atoms with E-state index in [0.29, 0.717) is 0 Å². The summed E-state index contributed by atoms with van der Waals surface area (Å²) in [5.74, 6) is -0.251. The summed E-state index contributed by atoms with van der Waals surface area (Å²) in [7, 11) is 0. The van der Waals surface area contributed by atoms with Gasteiger partial charge in [-0.2, -0.15) is 0 Å². The van der Waals surface area contributed by atoms with Crippen LogP contribution in [0.25, 0.3) is 0 Å². The van der Waals surface area contributed by atoms with Crippen molar-refractivity contribution >= 4 is 15.9 Å². The number of rotatable bonds is 2. The zero-order valence-electron chi connectivity index (χ0n) is 9.25. The summed E-state index contributed by atoms with van der Waals surface area (Å²) < 4.78 is 12.1. The molecule has 2 aliphatic rings. The lowest BCUT2D eigenvalue weighted by molar-refractivity contribution is -0.189. The zero-order valence-corrected chi connectivity index (χ0v) is 10.8. The maximum atomic E-state index is 6.07. The molecule has 1 heterocycles. The second-order valence-corrected chi connectivity index (χ2v) is 5.11. The van der Waals surface area contributed by atoms with Crippen LogP contribution in [0.1, 0.15) is 39.0 Å². The quantitative estimate of drug-likeness (QED) is 0.568. The summed E-state index contributed by atoms with van der Waals surface area (Å²) in [4.78, 5) is 0. The lowest BCUT2D eigenvalue weighted by atomic mass is 9.94. The molecule has 0 radical (unpaired) electrons. The van der Waals surface area contributed by atoms with E-state index >= 15 is 0 Å². The Bertz CT molecular complexity index is 234. The largest absolute Gasteiger partial charge is 0.344 e. The summed E-state index contributed by atoms with van der Waals surface area (Å²) in [6.45, 7) is 2.10. The number of hydrogen-bond acceptors (Lipinski definition) is 2. The fraction of sp³-hybridized carbons (Fsp3) is 0.833. The molecular weight excluding hydrogens is 256 g/mol. The van der Waals surface area contributed by atoms with Gasteiger partial charge >= 0.3 is 0 Å². The average Bonchev–Trinajstić information content (AvgIpc) is 2.53. The molecule has 1 aliphatic carbocycles. The van der Waals surface area contributed by atoms with Gasteiger partial charge in [0.2, 0.25) is 0 Å². The minimum Gasteiger partial charge on any atom is -0.344 e. The van der Waals surface area contributed by atoms with Gasteiger partial charge in [-0.05, 0) is 19.8 Å². The molecule has 2 fully saturated rings. The molecule has 0 amide bonds. The van der Waals surface area contributed by atoms with Crippen LogP contribution < -0.4 is 0 Å². The van der Waals surface area contributed by atoms with Gasteiger partial charge in [-0.3, -0.25) is 0 Å². The monoisotopic (exact) mass is 274 g/mol. The molecule has 0 aromatic heterocycles. The minimum atomic E-state index is -0.251. The van der Waals surface area contributed by atoms with Crippen LogP contribution in [-0.4, -0.2) is 23.3 Å². The Balaban J connectivity index is 1.98. The Morgan fingerprint density at radius 3 is 2.67 bits per heavy atom. The second kappa shape index (κ2) is 4.98. The Morgan fingerprint density at radius 2 is 2.00 bits per heavy atom. The van der Waals surface area contributed by atoms with Gasteiger partial charge in [-0.1, -0.05) is 34.5 Å². The fourth-order valence-corrected chi connectivity index (χ4v) is 2.70. The molecule has 0 unspecified atom stereocenters. The molecule has 2 atom stereocenters. The van der Waals surface area contributed by atoms with Crippen LogP contribution >= 0.6 is 15.9 Å². The Kier molecular flexibility index (Phi) is 3.86. The first-order valence-corrected chi connectivity index (χ1v) is 6.96. The van der Waals surface area contributed by atoms with Crippen molar-refractivity contribution in [3.8, 4) is 0 Å². The number of hydrogen-bond donors (Lipinski definition) is 0. The van der Waals surface area contributed by atoms with Gasteiger partial charge < -0.3 is 9.47 Å². The van der Waals surface area contributed by atoms with Crippen LogP contribution in [0.5, 0.6) is 0 Å². The second-order valence-electron chi connectivity index (χ2n) is 4.46. The van der Waals surface area contributed by atoms with Crippen LogP contribution in [-0.2, 0) is 9.47 Å². The summed E-state index contributed by atoms with van der Waals surface area (Å²) in [6, 6.07) is 0. The molecular formula is C12H19BrO2. The highest BCUT2D eigenvalue weighted by Gasteiger charge is 2.45. The van der Waals surface area contributed by atoms with Gasteiger partial charge in [0, 0.05) is 18.2 Å². The van der Waals surface area contributed by atoms with Crippen molar-refractivity contribution in [1.29, 1.82) is 0 Å². The Labute approximate surface area is 100 Å². The molecule has 1 saturated heterocycles. The van der Waals surface area contributed by atoms with E-state index < -0.39 is 0 Å². The van der Waals surface area contributed by atoms with Crippen LogP contribution in [0.15, 0.2) is 12.2 Å². The molecule has 0 aromatic rings. The third-order valence-electron chi connectivity index (χ3n) is 3.24. The summed E-state index contributed by atoms with van der Waals surface area (Å²) >= 11 is 3.38. The normalized spacial score (nSPS) is 35.3. The predicted octanol–water partition coefficient (Wildman–Crippen LogP) is 3.40. The first-order valence-electron chi connectivity index (χ1n) is 5.84. The molecule has 15 heavy (non-hydrogen) atoms. The van der Waals surface area contributed by atoms with E-state index in [-0.39, 0.29) is 18.0 Å². The van der Waals surface area contributed by atoms with E-state index in [0.717, 1.165) is 18.2 Å². The number of allylic oxidation sites excluding steroid dienone is 1. The van der Waals surface area contributed by atoms with Gasteiger partial charge in [0.15, 0.2) is 5.79 Å². The smallest absolute Gasteiger partial charge is 0.169 e. The molecule has 1 saturated carbocycles. The summed E-state index contributed by atoms with van der Waals surface area (Å²) in [5.41, 5.74) is 0. The lowest BCUT2D eigenvalue weighted by Crippen LogP contribution is -2.33. The van der Waals surface area contributed by atoms with Gasteiger partial charge in [-0.15, -0.1) is 0 Å². The number of alkyl halides is 1. The molecule has 2 nitrogen and oxygen atoms in total. The first kappa shape index (κ1) is 11.6. The standard InChI is InChI=1S/C12H19BrO2/c1-10-11(6-5-9-13)15-12(14-10)7-3-2-4-8-12/h5-6,10-11H,2-4,7-9H2,1H3/b6-5+/t10-,11+/m0/s1. The molecule has 1 aliphatic heterocycles. The maximum Gasteiger partial charge on any atom is 0.169 e. The Hall–Kier alpha value is 0.140. The van der Waals surface area contributed by atoms with E-state index in [1.807, 2.05) is 0 Å². The maximum absolute atomic E-state index is 6.07. The summed E-state index contributed by atoms with van der Waals surface area (Å²) in [5, 5.41) is 0.882. The molecule has 1 spiro atoms. The SMILES string of the molecule is C[C@@H]1OC2(CCCCC2)O[C@@H]1/C=C/CBr. The van der Waals surface area contributed by atoms with Crippen LogP contribution in [0.2, 0.25) is 0 Å². The highest BCUT2D eigenvalue weighted by atomic mass is 79.9. The molecule has 0 aromatic carbocycles. The lowest BCUT2D eigenvalue weighted by Gasteiger charge is -2.31. The van der Waals surface area contributed by atoms with E-state index in [1.165, 1.54) is 19.3 Å². The number of halogens is 1. The van der Waals surface area contributed by atoms with Crippen molar-refractivity contribution in [3.05, 3.63) is 12.2 Å². The fourth-order valence-electron chi connectivity index (χ4n) is 2.48. The molecule has 2 rings (SSSR count). The van der Waals surface area contributed by atoms with Crippen molar-refractivity contribution in [2.75, 3.05) is 5.33 Å². The Morgan fingerprint density at radius 1 is 1.27 bits per heavy atom. The van der Waals surface area contributed by atoms with Crippen molar-refractivity contribution in [1.82, 2.24) is 0 Å². The van der Waals surface area contributed by atoms with E-state index in [4.69, 9.17) is 9.47 Å². The zero-order chi connectivity index (χ0) is 10.7. The van der Waals surface area contributed by atoms with Gasteiger partial charge in [-0.25, -0.2) is 0 Å². The molecule has 86 valence electrons. The van der Waals surface area contributed by atoms with Crippen LogP contribution in [0.4, 0.5) is 0 Å². The summed E-state index contributed by atoms with van der Waals surface area (Å²) in [6.07, 6.45) is 10.5. The van der Waals surface area contributed by atoms with Gasteiger partial charge in [0.05, 0.1) is 6.10 Å².